The minimum Gasteiger partial charge on any atom is -0.388 e. The SMILES string of the molecule is CNCC1(O)CCN(Cc2ccc(C)cc2)CC1. The number of nitrogens with zero attached hydrogens (tertiary/aromatic N) is 1. The first-order valence-electron chi connectivity index (χ1n) is 6.76. The Kier molecular flexibility index (Phi) is 4.38. The number of hydrogen-bond donors (Lipinski definition) is 2. The van der Waals surface area contributed by atoms with Gasteiger partial charge in [-0.1, -0.05) is 29.8 Å². The summed E-state index contributed by atoms with van der Waals surface area (Å²) < 4.78 is 0. The molecule has 100 valence electrons. The molecule has 3 nitrogen and oxygen atoms in total. The summed E-state index contributed by atoms with van der Waals surface area (Å²) in [7, 11) is 1.90. The first-order valence-corrected chi connectivity index (χ1v) is 6.76. The fraction of sp³-hybridized carbons (Fsp3) is 0.600. The topological polar surface area (TPSA) is 35.5 Å². The predicted molar refractivity (Wildman–Crippen MR) is 74.6 cm³/mol. The summed E-state index contributed by atoms with van der Waals surface area (Å²) in [4.78, 5) is 2.43. The lowest BCUT2D eigenvalue weighted by molar-refractivity contribution is -0.0203. The highest BCUT2D eigenvalue weighted by molar-refractivity contribution is 5.21. The van der Waals surface area contributed by atoms with Crippen LogP contribution in [0.15, 0.2) is 24.3 Å². The number of benzene rings is 1. The van der Waals surface area contributed by atoms with E-state index in [-0.39, 0.29) is 0 Å². The summed E-state index contributed by atoms with van der Waals surface area (Å²) in [5.41, 5.74) is 2.17. The Morgan fingerprint density at radius 2 is 1.83 bits per heavy atom. The minimum absolute atomic E-state index is 0.501. The van der Waals surface area contributed by atoms with Crippen molar-refractivity contribution in [3.05, 3.63) is 35.4 Å². The molecule has 18 heavy (non-hydrogen) atoms. The number of piperidine rings is 1. The number of aliphatic hydroxyl groups is 1. The van der Waals surface area contributed by atoms with E-state index in [1.165, 1.54) is 11.1 Å². The van der Waals surface area contributed by atoms with Gasteiger partial charge in [0.25, 0.3) is 0 Å². The smallest absolute Gasteiger partial charge is 0.0795 e. The molecule has 1 aliphatic rings. The Balaban J connectivity index is 1.85. The van der Waals surface area contributed by atoms with Gasteiger partial charge >= 0.3 is 0 Å². The van der Waals surface area contributed by atoms with Crippen LogP contribution in [0, 0.1) is 6.92 Å². The second-order valence-corrected chi connectivity index (χ2v) is 5.52. The van der Waals surface area contributed by atoms with Gasteiger partial charge in [-0.3, -0.25) is 4.90 Å². The van der Waals surface area contributed by atoms with Crippen LogP contribution in [-0.2, 0) is 6.54 Å². The van der Waals surface area contributed by atoms with Gasteiger partial charge in [-0.25, -0.2) is 0 Å². The Morgan fingerprint density at radius 1 is 1.22 bits per heavy atom. The summed E-state index contributed by atoms with van der Waals surface area (Å²) in [5, 5.41) is 13.4. The van der Waals surface area contributed by atoms with Gasteiger partial charge in [-0.05, 0) is 32.4 Å². The van der Waals surface area contributed by atoms with Gasteiger partial charge in [0, 0.05) is 26.2 Å². The summed E-state index contributed by atoms with van der Waals surface area (Å²) >= 11 is 0. The highest BCUT2D eigenvalue weighted by Crippen LogP contribution is 2.22. The molecule has 0 saturated carbocycles. The van der Waals surface area contributed by atoms with Gasteiger partial charge < -0.3 is 10.4 Å². The average Bonchev–Trinajstić information content (AvgIpc) is 2.35. The Hall–Kier alpha value is -0.900. The van der Waals surface area contributed by atoms with Crippen LogP contribution < -0.4 is 5.32 Å². The van der Waals surface area contributed by atoms with Crippen LogP contribution in [0.2, 0.25) is 0 Å². The molecule has 0 aromatic heterocycles. The monoisotopic (exact) mass is 248 g/mol. The molecule has 3 heteroatoms. The fourth-order valence-corrected chi connectivity index (χ4v) is 2.58. The van der Waals surface area contributed by atoms with Crippen molar-refractivity contribution in [2.24, 2.45) is 0 Å². The molecule has 1 aromatic rings. The van der Waals surface area contributed by atoms with Gasteiger partial charge in [0.1, 0.15) is 0 Å². The number of aryl methyl sites for hydroxylation is 1. The zero-order valence-electron chi connectivity index (χ0n) is 11.4. The highest BCUT2D eigenvalue weighted by atomic mass is 16.3. The number of hydrogen-bond acceptors (Lipinski definition) is 3. The molecular weight excluding hydrogens is 224 g/mol. The van der Waals surface area contributed by atoms with E-state index in [1.807, 2.05) is 7.05 Å². The van der Waals surface area contributed by atoms with Crippen LogP contribution >= 0.6 is 0 Å². The van der Waals surface area contributed by atoms with Crippen LogP contribution in [0.25, 0.3) is 0 Å². The van der Waals surface area contributed by atoms with E-state index >= 15 is 0 Å². The number of rotatable bonds is 4. The average molecular weight is 248 g/mol. The molecule has 0 bridgehead atoms. The third kappa shape index (κ3) is 3.55. The van der Waals surface area contributed by atoms with E-state index in [0.29, 0.717) is 6.54 Å². The summed E-state index contributed by atoms with van der Waals surface area (Å²) in [6.45, 7) is 5.77. The maximum atomic E-state index is 10.3. The normalized spacial score (nSPS) is 19.9. The largest absolute Gasteiger partial charge is 0.388 e. The molecule has 1 saturated heterocycles. The van der Waals surface area contributed by atoms with E-state index in [9.17, 15) is 5.11 Å². The zero-order chi connectivity index (χ0) is 13.0. The summed E-state index contributed by atoms with van der Waals surface area (Å²) in [5.74, 6) is 0. The van der Waals surface area contributed by atoms with Crippen molar-refractivity contribution in [3.63, 3.8) is 0 Å². The summed E-state index contributed by atoms with van der Waals surface area (Å²) in [6, 6.07) is 8.72. The Bertz CT molecular complexity index is 367. The number of likely N-dealkylation sites (N-methyl/N-ethyl adjacent to an activating group) is 1. The highest BCUT2D eigenvalue weighted by Gasteiger charge is 2.31. The Labute approximate surface area is 110 Å². The van der Waals surface area contributed by atoms with E-state index in [1.54, 1.807) is 0 Å². The van der Waals surface area contributed by atoms with Gasteiger partial charge in [0.2, 0.25) is 0 Å². The van der Waals surface area contributed by atoms with Crippen molar-refractivity contribution in [1.82, 2.24) is 10.2 Å². The summed E-state index contributed by atoms with van der Waals surface area (Å²) in [6.07, 6.45) is 1.72. The van der Waals surface area contributed by atoms with Crippen molar-refractivity contribution >= 4 is 0 Å². The lowest BCUT2D eigenvalue weighted by atomic mass is 9.91. The zero-order valence-corrected chi connectivity index (χ0v) is 11.4. The van der Waals surface area contributed by atoms with Crippen molar-refractivity contribution < 1.29 is 5.11 Å². The van der Waals surface area contributed by atoms with Crippen LogP contribution in [0.1, 0.15) is 24.0 Å². The molecule has 1 aliphatic heterocycles. The first-order chi connectivity index (χ1) is 8.61. The quantitative estimate of drug-likeness (QED) is 0.848. The number of likely N-dealkylation sites (tertiary alicyclic amines) is 1. The van der Waals surface area contributed by atoms with Crippen LogP contribution in [0.4, 0.5) is 0 Å². The molecule has 0 atom stereocenters. The van der Waals surface area contributed by atoms with E-state index < -0.39 is 5.60 Å². The van der Waals surface area contributed by atoms with Crippen LogP contribution in [-0.4, -0.2) is 42.3 Å². The minimum atomic E-state index is -0.501. The fourth-order valence-electron chi connectivity index (χ4n) is 2.58. The molecule has 1 aromatic carbocycles. The predicted octanol–water partition coefficient (Wildman–Crippen LogP) is 1.54. The van der Waals surface area contributed by atoms with Crippen molar-refractivity contribution in [2.45, 2.75) is 31.9 Å². The molecule has 0 amide bonds. The van der Waals surface area contributed by atoms with Gasteiger partial charge in [0.05, 0.1) is 5.60 Å². The molecule has 1 heterocycles. The molecule has 0 spiro atoms. The molecule has 2 N–H and O–H groups in total. The molecule has 1 fully saturated rings. The van der Waals surface area contributed by atoms with Gasteiger partial charge in [0.15, 0.2) is 0 Å². The van der Waals surface area contributed by atoms with E-state index in [0.717, 1.165) is 32.5 Å². The maximum absolute atomic E-state index is 10.3. The van der Waals surface area contributed by atoms with Crippen LogP contribution in [0.5, 0.6) is 0 Å². The Morgan fingerprint density at radius 3 is 2.39 bits per heavy atom. The first kappa shape index (κ1) is 13.5. The molecule has 2 rings (SSSR count). The standard InChI is InChI=1S/C15H24N2O/c1-13-3-5-14(6-4-13)11-17-9-7-15(18,8-10-17)12-16-2/h3-6,16,18H,7-12H2,1-2H3. The van der Waals surface area contributed by atoms with Crippen molar-refractivity contribution in [1.29, 1.82) is 0 Å². The molecule has 0 radical (unpaired) electrons. The van der Waals surface area contributed by atoms with Crippen molar-refractivity contribution in [3.8, 4) is 0 Å². The second-order valence-electron chi connectivity index (χ2n) is 5.52. The van der Waals surface area contributed by atoms with Crippen LogP contribution in [0.3, 0.4) is 0 Å². The van der Waals surface area contributed by atoms with Gasteiger partial charge in [-0.2, -0.15) is 0 Å². The molecular formula is C15H24N2O. The molecule has 0 unspecified atom stereocenters. The lowest BCUT2D eigenvalue weighted by Gasteiger charge is -2.38. The lowest BCUT2D eigenvalue weighted by Crippen LogP contribution is -2.49. The van der Waals surface area contributed by atoms with E-state index in [4.69, 9.17) is 0 Å². The van der Waals surface area contributed by atoms with E-state index in [2.05, 4.69) is 41.4 Å². The number of nitrogens with one attached hydrogen (secondary N) is 1. The van der Waals surface area contributed by atoms with Crippen molar-refractivity contribution in [2.75, 3.05) is 26.7 Å². The second kappa shape index (κ2) is 5.83. The van der Waals surface area contributed by atoms with Gasteiger partial charge in [-0.15, -0.1) is 0 Å². The maximum Gasteiger partial charge on any atom is 0.0795 e. The third-order valence-corrected chi connectivity index (χ3v) is 3.82. The third-order valence-electron chi connectivity index (χ3n) is 3.82. The molecule has 0 aliphatic carbocycles.